The zero-order valence-corrected chi connectivity index (χ0v) is 13.3. The second-order valence-corrected chi connectivity index (χ2v) is 6.93. The zero-order valence-electron chi connectivity index (χ0n) is 13.3. The summed E-state index contributed by atoms with van der Waals surface area (Å²) in [5.41, 5.74) is -0.241. The third kappa shape index (κ3) is 2.30. The summed E-state index contributed by atoms with van der Waals surface area (Å²) in [5.74, 6) is -0.450. The molecule has 0 aromatic rings. The average Bonchev–Trinajstić information content (AvgIpc) is 2.72. The van der Waals surface area contributed by atoms with Gasteiger partial charge in [0.2, 0.25) is 0 Å². The normalized spacial score (nSPS) is 32.6. The second-order valence-electron chi connectivity index (χ2n) is 6.93. The van der Waals surface area contributed by atoms with Crippen LogP contribution < -0.4 is 0 Å². The highest BCUT2D eigenvalue weighted by Gasteiger charge is 2.68. The standard InChI is InChI=1S/C17H24O4/c1-10(2)14(18)20-13-9-12-7-8-17(13,16(12,5)6)21-15(19)11(3)4/h12-13H,1,3,7-9H2,2,4-6H3. The first-order chi connectivity index (χ1) is 9.61. The van der Waals surface area contributed by atoms with Crippen LogP contribution in [0.1, 0.15) is 47.0 Å². The summed E-state index contributed by atoms with van der Waals surface area (Å²) in [7, 11) is 0. The largest absolute Gasteiger partial charge is 0.455 e. The molecular weight excluding hydrogens is 268 g/mol. The van der Waals surface area contributed by atoms with Crippen molar-refractivity contribution in [2.75, 3.05) is 0 Å². The number of esters is 2. The van der Waals surface area contributed by atoms with E-state index < -0.39 is 23.6 Å². The molecule has 2 aliphatic carbocycles. The van der Waals surface area contributed by atoms with Crippen molar-refractivity contribution < 1.29 is 19.1 Å². The maximum atomic E-state index is 12.1. The molecule has 21 heavy (non-hydrogen) atoms. The van der Waals surface area contributed by atoms with Crippen molar-refractivity contribution in [3.63, 3.8) is 0 Å². The van der Waals surface area contributed by atoms with Crippen molar-refractivity contribution in [1.82, 2.24) is 0 Å². The molecule has 0 N–H and O–H groups in total. The fourth-order valence-corrected chi connectivity index (χ4v) is 3.73. The Hall–Kier alpha value is -1.58. The molecule has 0 aromatic carbocycles. The Morgan fingerprint density at radius 1 is 1.10 bits per heavy atom. The zero-order chi connectivity index (χ0) is 16.0. The highest BCUT2D eigenvalue weighted by molar-refractivity contribution is 5.88. The number of hydrogen-bond donors (Lipinski definition) is 0. The first kappa shape index (κ1) is 15.8. The number of hydrogen-bond acceptors (Lipinski definition) is 4. The van der Waals surface area contributed by atoms with E-state index in [4.69, 9.17) is 9.47 Å². The Balaban J connectivity index is 2.30. The van der Waals surface area contributed by atoms with Crippen LogP contribution in [0.15, 0.2) is 24.3 Å². The summed E-state index contributed by atoms with van der Waals surface area (Å²) in [6.07, 6.45) is 2.03. The van der Waals surface area contributed by atoms with Crippen molar-refractivity contribution >= 4 is 11.9 Å². The van der Waals surface area contributed by atoms with Crippen molar-refractivity contribution in [1.29, 1.82) is 0 Å². The molecule has 0 saturated heterocycles. The van der Waals surface area contributed by atoms with Crippen LogP contribution in [-0.4, -0.2) is 23.6 Å². The van der Waals surface area contributed by atoms with E-state index in [-0.39, 0.29) is 5.41 Å². The van der Waals surface area contributed by atoms with Gasteiger partial charge in [-0.1, -0.05) is 27.0 Å². The Morgan fingerprint density at radius 3 is 2.14 bits per heavy atom. The second kappa shape index (κ2) is 5.00. The van der Waals surface area contributed by atoms with Crippen LogP contribution in [0, 0.1) is 11.3 Å². The van der Waals surface area contributed by atoms with Crippen LogP contribution in [0.2, 0.25) is 0 Å². The predicted molar refractivity (Wildman–Crippen MR) is 79.5 cm³/mol. The first-order valence-electron chi connectivity index (χ1n) is 7.37. The lowest BCUT2D eigenvalue weighted by molar-refractivity contribution is -0.189. The van der Waals surface area contributed by atoms with Gasteiger partial charge in [-0.2, -0.15) is 0 Å². The van der Waals surface area contributed by atoms with Gasteiger partial charge in [-0.15, -0.1) is 0 Å². The summed E-state index contributed by atoms with van der Waals surface area (Å²) in [6.45, 7) is 14.7. The van der Waals surface area contributed by atoms with Gasteiger partial charge in [0.15, 0.2) is 5.60 Å². The maximum absolute atomic E-state index is 12.1. The van der Waals surface area contributed by atoms with E-state index in [0.717, 1.165) is 19.3 Å². The Bertz CT molecular complexity index is 517. The Kier molecular flexibility index (Phi) is 3.77. The van der Waals surface area contributed by atoms with E-state index in [1.54, 1.807) is 13.8 Å². The van der Waals surface area contributed by atoms with Crippen LogP contribution >= 0.6 is 0 Å². The van der Waals surface area contributed by atoms with Gasteiger partial charge in [-0.3, -0.25) is 0 Å². The van der Waals surface area contributed by atoms with Gasteiger partial charge in [0.25, 0.3) is 0 Å². The highest BCUT2D eigenvalue weighted by Crippen LogP contribution is 2.63. The highest BCUT2D eigenvalue weighted by atomic mass is 16.6. The molecule has 0 radical (unpaired) electrons. The molecule has 0 spiro atoms. The van der Waals surface area contributed by atoms with Gasteiger partial charge in [0.1, 0.15) is 6.10 Å². The average molecular weight is 292 g/mol. The fourth-order valence-electron chi connectivity index (χ4n) is 3.73. The molecule has 2 rings (SSSR count). The topological polar surface area (TPSA) is 52.6 Å². The van der Waals surface area contributed by atoms with E-state index >= 15 is 0 Å². The Labute approximate surface area is 126 Å². The number of carbonyl (C=O) groups excluding carboxylic acids is 2. The lowest BCUT2D eigenvalue weighted by Crippen LogP contribution is -2.51. The van der Waals surface area contributed by atoms with Crippen molar-refractivity contribution in [2.24, 2.45) is 11.3 Å². The minimum absolute atomic E-state index is 0.210. The molecule has 3 unspecified atom stereocenters. The summed E-state index contributed by atoms with van der Waals surface area (Å²) in [4.78, 5) is 23.9. The summed E-state index contributed by atoms with van der Waals surface area (Å²) in [6, 6.07) is 0. The van der Waals surface area contributed by atoms with E-state index in [0.29, 0.717) is 17.1 Å². The number of ether oxygens (including phenoxy) is 2. The van der Waals surface area contributed by atoms with Gasteiger partial charge in [-0.05, 0) is 39.0 Å². The van der Waals surface area contributed by atoms with Gasteiger partial charge in [-0.25, -0.2) is 9.59 Å². The summed E-state index contributed by atoms with van der Waals surface area (Å²) >= 11 is 0. The molecule has 116 valence electrons. The van der Waals surface area contributed by atoms with Gasteiger partial charge in [0, 0.05) is 16.6 Å². The third-order valence-corrected chi connectivity index (χ3v) is 5.22. The van der Waals surface area contributed by atoms with Crippen LogP contribution in [0.25, 0.3) is 0 Å². The molecular formula is C17H24O4. The van der Waals surface area contributed by atoms with Gasteiger partial charge < -0.3 is 9.47 Å². The van der Waals surface area contributed by atoms with Crippen molar-refractivity contribution in [2.45, 2.75) is 58.7 Å². The first-order valence-corrected chi connectivity index (χ1v) is 7.37. The fraction of sp³-hybridized carbons (Fsp3) is 0.647. The maximum Gasteiger partial charge on any atom is 0.333 e. The lowest BCUT2D eigenvalue weighted by atomic mass is 9.78. The summed E-state index contributed by atoms with van der Waals surface area (Å²) < 4.78 is 11.4. The van der Waals surface area contributed by atoms with E-state index in [1.165, 1.54) is 0 Å². The van der Waals surface area contributed by atoms with Crippen molar-refractivity contribution in [3.8, 4) is 0 Å². The van der Waals surface area contributed by atoms with Crippen LogP contribution in [0.3, 0.4) is 0 Å². The Morgan fingerprint density at radius 2 is 1.67 bits per heavy atom. The number of fused-ring (bicyclic) bond motifs is 2. The van der Waals surface area contributed by atoms with Crippen molar-refractivity contribution in [3.05, 3.63) is 24.3 Å². The van der Waals surface area contributed by atoms with Gasteiger partial charge in [0.05, 0.1) is 0 Å². The molecule has 2 bridgehead atoms. The predicted octanol–water partition coefficient (Wildman–Crippen LogP) is 3.17. The molecule has 2 aliphatic rings. The quantitative estimate of drug-likeness (QED) is 0.590. The van der Waals surface area contributed by atoms with Crippen LogP contribution in [0.5, 0.6) is 0 Å². The van der Waals surface area contributed by atoms with Crippen LogP contribution in [0.4, 0.5) is 0 Å². The van der Waals surface area contributed by atoms with Gasteiger partial charge >= 0.3 is 11.9 Å². The third-order valence-electron chi connectivity index (χ3n) is 5.22. The monoisotopic (exact) mass is 292 g/mol. The number of rotatable bonds is 4. The molecule has 0 heterocycles. The molecule has 2 saturated carbocycles. The minimum atomic E-state index is -0.751. The molecule has 4 heteroatoms. The number of carbonyl (C=O) groups is 2. The SMILES string of the molecule is C=C(C)C(=O)OC1CC2CCC1(OC(=O)C(=C)C)C2(C)C. The molecule has 3 atom stereocenters. The van der Waals surface area contributed by atoms with E-state index in [1.807, 2.05) is 0 Å². The molecule has 0 aliphatic heterocycles. The minimum Gasteiger partial charge on any atom is -0.455 e. The molecule has 2 fully saturated rings. The molecule has 0 aromatic heterocycles. The molecule has 0 amide bonds. The lowest BCUT2D eigenvalue weighted by Gasteiger charge is -2.40. The van der Waals surface area contributed by atoms with E-state index in [9.17, 15) is 9.59 Å². The smallest absolute Gasteiger partial charge is 0.333 e. The summed E-state index contributed by atoms with van der Waals surface area (Å²) in [5, 5.41) is 0. The molecule has 4 nitrogen and oxygen atoms in total. The van der Waals surface area contributed by atoms with Crippen LogP contribution in [-0.2, 0) is 19.1 Å². The van der Waals surface area contributed by atoms with E-state index in [2.05, 4.69) is 27.0 Å².